The van der Waals surface area contributed by atoms with Crippen molar-refractivity contribution in [3.05, 3.63) is 35.4 Å². The SMILES string of the molecule is CC(CNC(=O)C1CCCN(S(C)(=O)=O)C1)N1CCc2ccccc2C1. The minimum absolute atomic E-state index is 0.0254. The largest absolute Gasteiger partial charge is 0.354 e. The molecule has 7 heteroatoms. The average molecular weight is 380 g/mol. The third-order valence-electron chi connectivity index (χ3n) is 5.58. The fourth-order valence-electron chi connectivity index (χ4n) is 3.87. The van der Waals surface area contributed by atoms with Gasteiger partial charge in [-0.15, -0.1) is 0 Å². The van der Waals surface area contributed by atoms with Crippen molar-refractivity contribution >= 4 is 15.9 Å². The van der Waals surface area contributed by atoms with Crippen molar-refractivity contribution in [2.45, 2.75) is 38.8 Å². The van der Waals surface area contributed by atoms with Gasteiger partial charge in [0.1, 0.15) is 0 Å². The second-order valence-electron chi connectivity index (χ2n) is 7.54. The van der Waals surface area contributed by atoms with Crippen molar-refractivity contribution in [3.63, 3.8) is 0 Å². The van der Waals surface area contributed by atoms with Gasteiger partial charge >= 0.3 is 0 Å². The summed E-state index contributed by atoms with van der Waals surface area (Å²) < 4.78 is 24.9. The minimum Gasteiger partial charge on any atom is -0.354 e. The van der Waals surface area contributed by atoms with Crippen molar-refractivity contribution < 1.29 is 13.2 Å². The smallest absolute Gasteiger partial charge is 0.224 e. The summed E-state index contributed by atoms with van der Waals surface area (Å²) >= 11 is 0. The molecule has 2 atom stereocenters. The second-order valence-corrected chi connectivity index (χ2v) is 9.53. The van der Waals surface area contributed by atoms with Gasteiger partial charge in [0.2, 0.25) is 15.9 Å². The average Bonchev–Trinajstić information content (AvgIpc) is 2.64. The van der Waals surface area contributed by atoms with Gasteiger partial charge in [0.05, 0.1) is 12.2 Å². The predicted octanol–water partition coefficient (Wildman–Crippen LogP) is 1.22. The highest BCUT2D eigenvalue weighted by atomic mass is 32.2. The third kappa shape index (κ3) is 4.64. The molecule has 1 amide bonds. The summed E-state index contributed by atoms with van der Waals surface area (Å²) in [5, 5.41) is 3.04. The number of fused-ring (bicyclic) bond motifs is 1. The number of nitrogens with one attached hydrogen (secondary N) is 1. The van der Waals surface area contributed by atoms with Crippen LogP contribution in [0, 0.1) is 5.92 Å². The Balaban J connectivity index is 1.50. The van der Waals surface area contributed by atoms with Gasteiger partial charge < -0.3 is 5.32 Å². The number of hydrogen-bond acceptors (Lipinski definition) is 4. The first kappa shape index (κ1) is 19.3. The Morgan fingerprint density at radius 3 is 2.73 bits per heavy atom. The maximum Gasteiger partial charge on any atom is 0.224 e. The molecule has 0 aliphatic carbocycles. The molecule has 1 fully saturated rings. The first-order valence-corrected chi connectivity index (χ1v) is 11.2. The van der Waals surface area contributed by atoms with E-state index in [2.05, 4.69) is 41.4 Å². The highest BCUT2D eigenvalue weighted by Gasteiger charge is 2.30. The molecule has 6 nitrogen and oxygen atoms in total. The molecule has 2 aliphatic heterocycles. The maximum atomic E-state index is 12.5. The zero-order valence-electron chi connectivity index (χ0n) is 15.6. The van der Waals surface area contributed by atoms with E-state index >= 15 is 0 Å². The van der Waals surface area contributed by atoms with E-state index in [1.165, 1.54) is 21.7 Å². The minimum atomic E-state index is -3.22. The van der Waals surface area contributed by atoms with Gasteiger partial charge in [0, 0.05) is 38.8 Å². The monoisotopic (exact) mass is 379 g/mol. The van der Waals surface area contributed by atoms with Gasteiger partial charge in [-0.3, -0.25) is 9.69 Å². The van der Waals surface area contributed by atoms with Crippen LogP contribution in [-0.2, 0) is 27.8 Å². The number of sulfonamides is 1. The lowest BCUT2D eigenvalue weighted by molar-refractivity contribution is -0.126. The van der Waals surface area contributed by atoms with E-state index in [0.717, 1.165) is 32.4 Å². The van der Waals surface area contributed by atoms with Crippen LogP contribution >= 0.6 is 0 Å². The zero-order chi connectivity index (χ0) is 18.7. The van der Waals surface area contributed by atoms with Crippen LogP contribution < -0.4 is 5.32 Å². The summed E-state index contributed by atoms with van der Waals surface area (Å²) in [6, 6.07) is 8.78. The maximum absolute atomic E-state index is 12.5. The fourth-order valence-corrected chi connectivity index (χ4v) is 4.78. The van der Waals surface area contributed by atoms with Crippen molar-refractivity contribution in [2.24, 2.45) is 5.92 Å². The van der Waals surface area contributed by atoms with E-state index in [9.17, 15) is 13.2 Å². The number of rotatable bonds is 5. The second kappa shape index (κ2) is 8.06. The van der Waals surface area contributed by atoms with Crippen LogP contribution in [-0.4, -0.2) is 62.0 Å². The lowest BCUT2D eigenvalue weighted by Gasteiger charge is -2.34. The topological polar surface area (TPSA) is 69.7 Å². The standard InChI is InChI=1S/C19H29N3O3S/c1-15(21-11-9-16-6-3-4-7-17(16)13-21)12-20-19(23)18-8-5-10-22(14-18)26(2,24)25/h3-4,6-7,15,18H,5,8-14H2,1-2H3,(H,20,23). The molecule has 0 radical (unpaired) electrons. The molecule has 2 heterocycles. The van der Waals surface area contributed by atoms with Crippen LogP contribution in [0.4, 0.5) is 0 Å². The highest BCUT2D eigenvalue weighted by molar-refractivity contribution is 7.88. The summed E-state index contributed by atoms with van der Waals surface area (Å²) in [5.41, 5.74) is 2.79. The number of carbonyl (C=O) groups is 1. The lowest BCUT2D eigenvalue weighted by Crippen LogP contribution is -2.48. The summed E-state index contributed by atoms with van der Waals surface area (Å²) in [6.45, 7) is 5.47. The zero-order valence-corrected chi connectivity index (χ0v) is 16.5. The van der Waals surface area contributed by atoms with Gasteiger partial charge in [-0.05, 0) is 37.3 Å². The summed E-state index contributed by atoms with van der Waals surface area (Å²) in [6.07, 6.45) is 3.75. The van der Waals surface area contributed by atoms with E-state index in [1.807, 2.05) is 0 Å². The number of hydrogen-bond donors (Lipinski definition) is 1. The molecule has 3 rings (SSSR count). The Kier molecular flexibility index (Phi) is 5.99. The van der Waals surface area contributed by atoms with Crippen molar-refractivity contribution in [1.82, 2.24) is 14.5 Å². The van der Waals surface area contributed by atoms with Crippen molar-refractivity contribution in [3.8, 4) is 0 Å². The number of carbonyl (C=O) groups excluding carboxylic acids is 1. The van der Waals surface area contributed by atoms with Crippen LogP contribution in [0.25, 0.3) is 0 Å². The third-order valence-corrected chi connectivity index (χ3v) is 6.85. The van der Waals surface area contributed by atoms with Gasteiger partial charge in [-0.1, -0.05) is 24.3 Å². The molecular weight excluding hydrogens is 350 g/mol. The Labute approximate surface area is 156 Å². The molecule has 0 saturated carbocycles. The van der Waals surface area contributed by atoms with E-state index in [1.54, 1.807) is 0 Å². The Bertz CT molecular complexity index is 750. The van der Waals surface area contributed by atoms with Crippen LogP contribution in [0.3, 0.4) is 0 Å². The summed E-state index contributed by atoms with van der Waals surface area (Å²) in [7, 11) is -3.22. The van der Waals surface area contributed by atoms with E-state index in [4.69, 9.17) is 0 Å². The van der Waals surface area contributed by atoms with Crippen LogP contribution in [0.15, 0.2) is 24.3 Å². The van der Waals surface area contributed by atoms with E-state index in [0.29, 0.717) is 19.6 Å². The summed E-state index contributed by atoms with van der Waals surface area (Å²) in [4.78, 5) is 14.9. The Morgan fingerprint density at radius 2 is 2.00 bits per heavy atom. The lowest BCUT2D eigenvalue weighted by atomic mass is 9.98. The fraction of sp³-hybridized carbons (Fsp3) is 0.632. The molecule has 1 aromatic carbocycles. The molecule has 144 valence electrons. The van der Waals surface area contributed by atoms with Gasteiger partial charge in [0.15, 0.2) is 0 Å². The number of piperidine rings is 1. The molecule has 26 heavy (non-hydrogen) atoms. The van der Waals surface area contributed by atoms with Crippen molar-refractivity contribution in [2.75, 3.05) is 32.4 Å². The quantitative estimate of drug-likeness (QED) is 0.835. The normalized spacial score (nSPS) is 23.2. The molecule has 0 spiro atoms. The molecule has 1 N–H and O–H groups in total. The molecular formula is C19H29N3O3S. The van der Waals surface area contributed by atoms with E-state index in [-0.39, 0.29) is 17.9 Å². The number of amides is 1. The molecule has 1 aromatic rings. The molecule has 2 unspecified atom stereocenters. The summed E-state index contributed by atoms with van der Waals surface area (Å²) in [5.74, 6) is -0.268. The Morgan fingerprint density at radius 1 is 1.27 bits per heavy atom. The van der Waals surface area contributed by atoms with E-state index < -0.39 is 10.0 Å². The highest BCUT2D eigenvalue weighted by Crippen LogP contribution is 2.21. The molecule has 1 saturated heterocycles. The van der Waals surface area contributed by atoms with Crippen molar-refractivity contribution in [1.29, 1.82) is 0 Å². The number of benzene rings is 1. The molecule has 2 aliphatic rings. The Hall–Kier alpha value is -1.44. The van der Waals surface area contributed by atoms with Crippen LogP contribution in [0.2, 0.25) is 0 Å². The van der Waals surface area contributed by atoms with Gasteiger partial charge in [-0.2, -0.15) is 0 Å². The van der Waals surface area contributed by atoms with Gasteiger partial charge in [-0.25, -0.2) is 12.7 Å². The van der Waals surface area contributed by atoms with Crippen LogP contribution in [0.5, 0.6) is 0 Å². The molecule has 0 bridgehead atoms. The first-order chi connectivity index (χ1) is 12.3. The molecule has 0 aromatic heterocycles. The van der Waals surface area contributed by atoms with Crippen LogP contribution in [0.1, 0.15) is 30.9 Å². The predicted molar refractivity (Wildman–Crippen MR) is 102 cm³/mol. The number of nitrogens with zero attached hydrogens (tertiary/aromatic N) is 2. The first-order valence-electron chi connectivity index (χ1n) is 9.38. The van der Waals surface area contributed by atoms with Gasteiger partial charge in [0.25, 0.3) is 0 Å².